The van der Waals surface area contributed by atoms with Crippen molar-refractivity contribution in [2.24, 2.45) is 0 Å². The highest BCUT2D eigenvalue weighted by Crippen LogP contribution is 2.26. The van der Waals surface area contributed by atoms with Gasteiger partial charge in [0, 0.05) is 48.0 Å². The first kappa shape index (κ1) is 24.1. The van der Waals surface area contributed by atoms with Gasteiger partial charge in [-0.15, -0.1) is 0 Å². The molecule has 1 fully saturated rings. The Balaban J connectivity index is 1.54. The minimum absolute atomic E-state index is 0.150. The van der Waals surface area contributed by atoms with E-state index in [0.717, 1.165) is 5.56 Å². The highest BCUT2D eigenvalue weighted by Gasteiger charge is 2.36. The molecule has 0 aromatic heterocycles. The number of urea groups is 1. The van der Waals surface area contributed by atoms with Crippen molar-refractivity contribution in [1.29, 1.82) is 0 Å². The molecule has 170 valence electrons. The van der Waals surface area contributed by atoms with Crippen molar-refractivity contribution in [3.05, 3.63) is 70.2 Å². The average Bonchev–Trinajstić information content (AvgIpc) is 2.76. The summed E-state index contributed by atoms with van der Waals surface area (Å²) in [7, 11) is 0. The molecule has 0 unspecified atom stereocenters. The van der Waals surface area contributed by atoms with Crippen LogP contribution in [0.5, 0.6) is 0 Å². The van der Waals surface area contributed by atoms with Crippen LogP contribution in [0, 0.1) is 0 Å². The fraction of sp³-hybridized carbons (Fsp3) is 0.333. The van der Waals surface area contributed by atoms with E-state index in [1.807, 2.05) is 37.3 Å². The molecule has 6 nitrogen and oxygen atoms in total. The Labute approximate surface area is 198 Å². The molecule has 0 spiro atoms. The summed E-state index contributed by atoms with van der Waals surface area (Å²) in [4.78, 5) is 28.5. The SMILES string of the molecule is CCN(CC1(O)CCN(C(=O)Nc2cc(Cl)cc(Cl)c2)CC1)C(=O)/C=C/c1ccccc1. The molecule has 1 aliphatic rings. The summed E-state index contributed by atoms with van der Waals surface area (Å²) in [6.07, 6.45) is 4.05. The van der Waals surface area contributed by atoms with Gasteiger partial charge in [0.1, 0.15) is 0 Å². The van der Waals surface area contributed by atoms with Gasteiger partial charge in [0.25, 0.3) is 0 Å². The Hall–Kier alpha value is -2.54. The van der Waals surface area contributed by atoms with E-state index in [9.17, 15) is 14.7 Å². The fourth-order valence-electron chi connectivity index (χ4n) is 3.65. The molecule has 0 atom stereocenters. The van der Waals surface area contributed by atoms with Gasteiger partial charge in [-0.2, -0.15) is 0 Å². The molecule has 2 N–H and O–H groups in total. The number of likely N-dealkylation sites (tertiary alicyclic amines) is 1. The molecule has 1 heterocycles. The molecule has 3 rings (SSSR count). The molecular formula is C24H27Cl2N3O3. The Kier molecular flexibility index (Phi) is 8.18. The summed E-state index contributed by atoms with van der Waals surface area (Å²) >= 11 is 12.0. The number of piperidine rings is 1. The molecule has 1 aliphatic heterocycles. The molecular weight excluding hydrogens is 449 g/mol. The third kappa shape index (κ3) is 6.73. The molecule has 0 saturated carbocycles. The second-order valence-corrected chi connectivity index (χ2v) is 8.77. The first-order valence-electron chi connectivity index (χ1n) is 10.5. The number of aliphatic hydroxyl groups is 1. The number of rotatable bonds is 6. The van der Waals surface area contributed by atoms with E-state index in [0.29, 0.717) is 48.2 Å². The van der Waals surface area contributed by atoms with E-state index in [-0.39, 0.29) is 18.5 Å². The summed E-state index contributed by atoms with van der Waals surface area (Å²) in [6.45, 7) is 3.35. The normalized spacial score (nSPS) is 15.6. The largest absolute Gasteiger partial charge is 0.388 e. The summed E-state index contributed by atoms with van der Waals surface area (Å²) < 4.78 is 0. The molecule has 2 aromatic rings. The van der Waals surface area contributed by atoms with Crippen LogP contribution >= 0.6 is 23.2 Å². The lowest BCUT2D eigenvalue weighted by Gasteiger charge is -2.40. The molecule has 8 heteroatoms. The van der Waals surface area contributed by atoms with Crippen molar-refractivity contribution in [3.63, 3.8) is 0 Å². The van der Waals surface area contributed by atoms with Crippen molar-refractivity contribution in [3.8, 4) is 0 Å². The topological polar surface area (TPSA) is 72.9 Å². The second-order valence-electron chi connectivity index (χ2n) is 7.90. The number of nitrogens with zero attached hydrogens (tertiary/aromatic N) is 2. The van der Waals surface area contributed by atoms with Crippen molar-refractivity contribution in [2.45, 2.75) is 25.4 Å². The van der Waals surface area contributed by atoms with Crippen molar-refractivity contribution in [2.75, 3.05) is 31.5 Å². The maximum Gasteiger partial charge on any atom is 0.321 e. The number of carbonyl (C=O) groups is 2. The van der Waals surface area contributed by atoms with Gasteiger partial charge in [-0.05, 0) is 49.6 Å². The van der Waals surface area contributed by atoms with Gasteiger partial charge in [0.15, 0.2) is 0 Å². The number of carbonyl (C=O) groups excluding carboxylic acids is 2. The Bertz CT molecular complexity index is 953. The standard InChI is InChI=1S/C24H27Cl2N3O3/c1-2-28(22(30)9-8-18-6-4-3-5-7-18)17-24(32)10-12-29(13-11-24)23(31)27-21-15-19(25)14-20(26)16-21/h3-9,14-16,32H,2,10-13,17H2,1H3,(H,27,31)/b9-8+. The van der Waals surface area contributed by atoms with Crippen LogP contribution < -0.4 is 5.32 Å². The monoisotopic (exact) mass is 475 g/mol. The minimum atomic E-state index is -1.04. The first-order chi connectivity index (χ1) is 15.3. The number of likely N-dealkylation sites (N-methyl/N-ethyl adjacent to an activating group) is 1. The number of amides is 3. The summed E-state index contributed by atoms with van der Waals surface area (Å²) in [5.41, 5.74) is 0.416. The quantitative estimate of drug-likeness (QED) is 0.582. The number of hydrogen-bond donors (Lipinski definition) is 2. The summed E-state index contributed by atoms with van der Waals surface area (Å²) in [6, 6.07) is 14.2. The highest BCUT2D eigenvalue weighted by atomic mass is 35.5. The minimum Gasteiger partial charge on any atom is -0.388 e. The Morgan fingerprint density at radius 2 is 1.75 bits per heavy atom. The third-order valence-electron chi connectivity index (χ3n) is 5.49. The summed E-state index contributed by atoms with van der Waals surface area (Å²) in [5.74, 6) is -0.150. The smallest absolute Gasteiger partial charge is 0.321 e. The molecule has 3 amide bonds. The number of halogens is 2. The van der Waals surface area contributed by atoms with Crippen LogP contribution in [-0.2, 0) is 4.79 Å². The van der Waals surface area contributed by atoms with E-state index in [1.165, 1.54) is 6.08 Å². The van der Waals surface area contributed by atoms with Crippen LogP contribution in [0.25, 0.3) is 6.08 Å². The van der Waals surface area contributed by atoms with E-state index in [4.69, 9.17) is 23.2 Å². The predicted octanol–water partition coefficient (Wildman–Crippen LogP) is 4.91. The zero-order valence-electron chi connectivity index (χ0n) is 17.9. The number of hydrogen-bond acceptors (Lipinski definition) is 3. The fourth-order valence-corrected chi connectivity index (χ4v) is 4.18. The lowest BCUT2D eigenvalue weighted by atomic mass is 9.90. The van der Waals surface area contributed by atoms with Crippen molar-refractivity contribution in [1.82, 2.24) is 9.80 Å². The molecule has 0 aliphatic carbocycles. The van der Waals surface area contributed by atoms with Crippen LogP contribution in [0.2, 0.25) is 10.0 Å². The van der Waals surface area contributed by atoms with Gasteiger partial charge in [-0.25, -0.2) is 4.79 Å². The van der Waals surface area contributed by atoms with Gasteiger partial charge in [0.2, 0.25) is 5.91 Å². The maximum absolute atomic E-state index is 12.6. The second kappa shape index (κ2) is 10.9. The van der Waals surface area contributed by atoms with Crippen LogP contribution in [-0.4, -0.2) is 58.6 Å². The molecule has 0 bridgehead atoms. The number of anilines is 1. The van der Waals surface area contributed by atoms with Crippen LogP contribution in [0.3, 0.4) is 0 Å². The van der Waals surface area contributed by atoms with Crippen molar-refractivity contribution < 1.29 is 14.7 Å². The van der Waals surface area contributed by atoms with Crippen LogP contribution in [0.1, 0.15) is 25.3 Å². The van der Waals surface area contributed by atoms with Crippen molar-refractivity contribution >= 4 is 46.9 Å². The Morgan fingerprint density at radius 1 is 1.12 bits per heavy atom. The summed E-state index contributed by atoms with van der Waals surface area (Å²) in [5, 5.41) is 14.7. The predicted molar refractivity (Wildman–Crippen MR) is 129 cm³/mol. The zero-order chi connectivity index (χ0) is 23.1. The first-order valence-corrected chi connectivity index (χ1v) is 11.3. The average molecular weight is 476 g/mol. The van der Waals surface area contributed by atoms with Gasteiger partial charge in [-0.1, -0.05) is 53.5 Å². The lowest BCUT2D eigenvalue weighted by molar-refractivity contribution is -0.130. The highest BCUT2D eigenvalue weighted by molar-refractivity contribution is 6.35. The molecule has 32 heavy (non-hydrogen) atoms. The van der Waals surface area contributed by atoms with Crippen LogP contribution in [0.4, 0.5) is 10.5 Å². The lowest BCUT2D eigenvalue weighted by Crippen LogP contribution is -2.53. The zero-order valence-corrected chi connectivity index (χ0v) is 19.4. The number of benzene rings is 2. The van der Waals surface area contributed by atoms with Crippen LogP contribution in [0.15, 0.2) is 54.6 Å². The third-order valence-corrected chi connectivity index (χ3v) is 5.93. The van der Waals surface area contributed by atoms with Gasteiger partial charge in [0.05, 0.1) is 5.60 Å². The molecule has 1 saturated heterocycles. The van der Waals surface area contributed by atoms with E-state index in [1.54, 1.807) is 34.1 Å². The maximum atomic E-state index is 12.6. The van der Waals surface area contributed by atoms with E-state index >= 15 is 0 Å². The van der Waals surface area contributed by atoms with Gasteiger partial charge < -0.3 is 20.2 Å². The van der Waals surface area contributed by atoms with Gasteiger partial charge in [-0.3, -0.25) is 4.79 Å². The molecule has 2 aromatic carbocycles. The number of nitrogens with one attached hydrogen (secondary N) is 1. The van der Waals surface area contributed by atoms with Gasteiger partial charge >= 0.3 is 6.03 Å². The molecule has 0 radical (unpaired) electrons. The van der Waals surface area contributed by atoms with E-state index < -0.39 is 5.60 Å². The van der Waals surface area contributed by atoms with E-state index in [2.05, 4.69) is 5.32 Å². The Morgan fingerprint density at radius 3 is 2.34 bits per heavy atom.